The van der Waals surface area contributed by atoms with Gasteiger partial charge >= 0.3 is 5.97 Å². The summed E-state index contributed by atoms with van der Waals surface area (Å²) in [5.74, 6) is -0.983. The number of carbonyl (C=O) groups is 1. The lowest BCUT2D eigenvalue weighted by molar-refractivity contribution is 0.0661. The van der Waals surface area contributed by atoms with E-state index in [2.05, 4.69) is 5.10 Å². The zero-order valence-electron chi connectivity index (χ0n) is 10.6. The van der Waals surface area contributed by atoms with Crippen molar-refractivity contribution in [1.29, 1.82) is 0 Å². The van der Waals surface area contributed by atoms with Crippen molar-refractivity contribution < 1.29 is 15.0 Å². The molecule has 0 saturated carbocycles. The Kier molecular flexibility index (Phi) is 3.90. The first-order valence-corrected chi connectivity index (χ1v) is 5.36. The molecule has 96 valence electrons. The van der Waals surface area contributed by atoms with Gasteiger partial charge in [0.05, 0.1) is 18.5 Å². The van der Waals surface area contributed by atoms with Crippen molar-refractivity contribution >= 4 is 5.97 Å². The fourth-order valence-corrected chi connectivity index (χ4v) is 1.39. The van der Waals surface area contributed by atoms with Crippen LogP contribution in [-0.2, 0) is 13.6 Å². The molecular formula is C11H19N3O3. The number of aryl methyl sites for hydroxylation is 1. The number of likely N-dealkylation sites (N-methyl/N-ethyl adjacent to an activating group) is 1. The van der Waals surface area contributed by atoms with Gasteiger partial charge in [0.15, 0.2) is 0 Å². The van der Waals surface area contributed by atoms with Crippen LogP contribution in [0.2, 0.25) is 0 Å². The van der Waals surface area contributed by atoms with Gasteiger partial charge in [0.2, 0.25) is 0 Å². The minimum atomic E-state index is -0.983. The van der Waals surface area contributed by atoms with Crippen LogP contribution < -0.4 is 0 Å². The first-order chi connectivity index (χ1) is 7.79. The molecule has 0 radical (unpaired) electrons. The van der Waals surface area contributed by atoms with Gasteiger partial charge in [-0.25, -0.2) is 4.79 Å². The number of aliphatic hydroxyl groups excluding tert-OH is 1. The summed E-state index contributed by atoms with van der Waals surface area (Å²) in [5.41, 5.74) is 0.426. The summed E-state index contributed by atoms with van der Waals surface area (Å²) in [6, 6.07) is 0. The average molecular weight is 241 g/mol. The van der Waals surface area contributed by atoms with Crippen LogP contribution in [0.25, 0.3) is 0 Å². The lowest BCUT2D eigenvalue weighted by Gasteiger charge is -2.33. The molecule has 0 unspecified atom stereocenters. The van der Waals surface area contributed by atoms with Gasteiger partial charge < -0.3 is 10.2 Å². The van der Waals surface area contributed by atoms with Crippen LogP contribution in [0.5, 0.6) is 0 Å². The predicted octanol–water partition coefficient (Wildman–Crippen LogP) is 0.321. The minimum absolute atomic E-state index is 0.00373. The Hall–Kier alpha value is -1.40. The molecule has 0 spiro atoms. The third-order valence-corrected chi connectivity index (χ3v) is 3.10. The maximum Gasteiger partial charge on any atom is 0.339 e. The Morgan fingerprint density at radius 3 is 2.65 bits per heavy atom. The molecule has 17 heavy (non-hydrogen) atoms. The van der Waals surface area contributed by atoms with Crippen molar-refractivity contribution in [3.63, 3.8) is 0 Å². The van der Waals surface area contributed by atoms with Gasteiger partial charge in [-0.05, 0) is 20.9 Å². The summed E-state index contributed by atoms with van der Waals surface area (Å²) < 4.78 is 1.55. The van der Waals surface area contributed by atoms with E-state index in [0.717, 1.165) is 0 Å². The molecule has 6 nitrogen and oxygen atoms in total. The van der Waals surface area contributed by atoms with Gasteiger partial charge in [-0.1, -0.05) is 0 Å². The molecule has 0 aliphatic rings. The number of nitrogens with zero attached hydrogens (tertiary/aromatic N) is 3. The second kappa shape index (κ2) is 4.85. The Morgan fingerprint density at radius 2 is 2.18 bits per heavy atom. The number of aromatic carboxylic acids is 1. The number of carboxylic acids is 1. The van der Waals surface area contributed by atoms with E-state index >= 15 is 0 Å². The molecule has 1 aromatic heterocycles. The summed E-state index contributed by atoms with van der Waals surface area (Å²) in [5, 5.41) is 22.2. The highest BCUT2D eigenvalue weighted by atomic mass is 16.4. The highest BCUT2D eigenvalue weighted by Gasteiger charge is 2.25. The first-order valence-electron chi connectivity index (χ1n) is 5.36. The molecule has 1 aromatic rings. The van der Waals surface area contributed by atoms with Crippen LogP contribution >= 0.6 is 0 Å². The highest BCUT2D eigenvalue weighted by Crippen LogP contribution is 2.17. The maximum atomic E-state index is 11.0. The quantitative estimate of drug-likeness (QED) is 0.776. The van der Waals surface area contributed by atoms with E-state index in [-0.39, 0.29) is 12.2 Å². The number of rotatable bonds is 5. The summed E-state index contributed by atoms with van der Waals surface area (Å²) in [6.45, 7) is 4.21. The summed E-state index contributed by atoms with van der Waals surface area (Å²) in [6.07, 6.45) is 1.34. The van der Waals surface area contributed by atoms with E-state index in [1.54, 1.807) is 11.7 Å². The molecule has 0 saturated heterocycles. The standard InChI is InChI=1S/C11H19N3O3/c1-11(2,7-15)13(3)6-9-8(10(16)17)5-12-14(9)4/h5,15H,6-7H2,1-4H3,(H,16,17). The molecule has 0 aliphatic heterocycles. The second-order valence-corrected chi connectivity index (χ2v) is 4.76. The van der Waals surface area contributed by atoms with E-state index in [1.165, 1.54) is 6.20 Å². The van der Waals surface area contributed by atoms with Crippen LogP contribution in [0.3, 0.4) is 0 Å². The molecule has 1 heterocycles. The topological polar surface area (TPSA) is 78.6 Å². The van der Waals surface area contributed by atoms with E-state index in [4.69, 9.17) is 5.11 Å². The van der Waals surface area contributed by atoms with Crippen LogP contribution in [0, 0.1) is 0 Å². The van der Waals surface area contributed by atoms with E-state index < -0.39 is 11.5 Å². The maximum absolute atomic E-state index is 11.0. The Labute approximate surface area is 100 Å². The molecule has 0 aromatic carbocycles. The zero-order chi connectivity index (χ0) is 13.2. The van der Waals surface area contributed by atoms with Crippen molar-refractivity contribution in [2.24, 2.45) is 7.05 Å². The van der Waals surface area contributed by atoms with Crippen molar-refractivity contribution in [1.82, 2.24) is 14.7 Å². The summed E-state index contributed by atoms with van der Waals surface area (Å²) in [7, 11) is 3.55. The molecular weight excluding hydrogens is 222 g/mol. The lowest BCUT2D eigenvalue weighted by atomic mass is 10.0. The molecule has 0 amide bonds. The van der Waals surface area contributed by atoms with Crippen molar-refractivity contribution in [3.8, 4) is 0 Å². The summed E-state index contributed by atoms with van der Waals surface area (Å²) >= 11 is 0. The molecule has 1 rings (SSSR count). The number of hydrogen-bond acceptors (Lipinski definition) is 4. The normalized spacial score (nSPS) is 12.1. The van der Waals surface area contributed by atoms with Gasteiger partial charge in [0, 0.05) is 19.1 Å². The number of hydrogen-bond donors (Lipinski definition) is 2. The molecule has 6 heteroatoms. The largest absolute Gasteiger partial charge is 0.478 e. The molecule has 2 N–H and O–H groups in total. The van der Waals surface area contributed by atoms with Gasteiger partial charge in [-0.2, -0.15) is 5.10 Å². The third kappa shape index (κ3) is 2.83. The molecule has 0 aliphatic carbocycles. The van der Waals surface area contributed by atoms with Crippen LogP contribution in [0.1, 0.15) is 29.9 Å². The Morgan fingerprint density at radius 1 is 1.59 bits per heavy atom. The van der Waals surface area contributed by atoms with E-state index in [0.29, 0.717) is 12.2 Å². The van der Waals surface area contributed by atoms with Gasteiger partial charge in [0.1, 0.15) is 5.56 Å². The zero-order valence-corrected chi connectivity index (χ0v) is 10.6. The average Bonchev–Trinajstić information content (AvgIpc) is 2.60. The van der Waals surface area contributed by atoms with E-state index in [9.17, 15) is 9.90 Å². The number of aliphatic hydroxyl groups is 1. The fraction of sp³-hybridized carbons (Fsp3) is 0.636. The minimum Gasteiger partial charge on any atom is -0.478 e. The Balaban J connectivity index is 2.95. The summed E-state index contributed by atoms with van der Waals surface area (Å²) in [4.78, 5) is 12.9. The fourth-order valence-electron chi connectivity index (χ4n) is 1.39. The molecule has 0 fully saturated rings. The monoisotopic (exact) mass is 241 g/mol. The van der Waals surface area contributed by atoms with Gasteiger partial charge in [-0.15, -0.1) is 0 Å². The van der Waals surface area contributed by atoms with Crippen molar-refractivity contribution in [2.75, 3.05) is 13.7 Å². The first kappa shape index (κ1) is 13.7. The lowest BCUT2D eigenvalue weighted by Crippen LogP contribution is -2.44. The highest BCUT2D eigenvalue weighted by molar-refractivity contribution is 5.88. The van der Waals surface area contributed by atoms with Crippen molar-refractivity contribution in [2.45, 2.75) is 25.9 Å². The Bertz CT molecular complexity index is 412. The van der Waals surface area contributed by atoms with Crippen molar-refractivity contribution in [3.05, 3.63) is 17.5 Å². The van der Waals surface area contributed by atoms with E-state index in [1.807, 2.05) is 25.8 Å². The SMILES string of the molecule is CN(Cc1c(C(=O)O)cnn1C)C(C)(C)CO. The van der Waals surface area contributed by atoms with Gasteiger partial charge in [-0.3, -0.25) is 9.58 Å². The smallest absolute Gasteiger partial charge is 0.339 e. The molecule has 0 bridgehead atoms. The molecule has 0 atom stereocenters. The third-order valence-electron chi connectivity index (χ3n) is 3.10. The second-order valence-electron chi connectivity index (χ2n) is 4.76. The van der Waals surface area contributed by atoms with Crippen LogP contribution in [0.4, 0.5) is 0 Å². The number of carboxylic acid groups (broad SMARTS) is 1. The van der Waals surface area contributed by atoms with Crippen LogP contribution in [-0.4, -0.2) is 50.1 Å². The van der Waals surface area contributed by atoms with Gasteiger partial charge in [0.25, 0.3) is 0 Å². The number of aromatic nitrogens is 2. The van der Waals surface area contributed by atoms with Crippen LogP contribution in [0.15, 0.2) is 6.20 Å². The predicted molar refractivity (Wildman–Crippen MR) is 62.8 cm³/mol.